The molecule has 3 aromatic rings. The first kappa shape index (κ1) is 13.4. The van der Waals surface area contributed by atoms with Crippen LogP contribution in [0.4, 0.5) is 8.78 Å². The molecule has 0 radical (unpaired) electrons. The molecule has 0 bridgehead atoms. The van der Waals surface area contributed by atoms with E-state index >= 15 is 0 Å². The van der Waals surface area contributed by atoms with Crippen molar-refractivity contribution in [3.05, 3.63) is 77.6 Å². The molecule has 1 aromatic heterocycles. The highest BCUT2D eigenvalue weighted by molar-refractivity contribution is 6.08. The normalized spacial score (nSPS) is 10.8. The molecule has 0 atom stereocenters. The predicted molar refractivity (Wildman–Crippen MR) is 76.1 cm³/mol. The average Bonchev–Trinajstić information content (AvgIpc) is 2.45. The molecule has 21 heavy (non-hydrogen) atoms. The van der Waals surface area contributed by atoms with Gasteiger partial charge in [-0.25, -0.2) is 8.78 Å². The van der Waals surface area contributed by atoms with Gasteiger partial charge in [-0.1, -0.05) is 18.2 Å². The van der Waals surface area contributed by atoms with E-state index in [0.717, 1.165) is 16.8 Å². The first-order valence-electron chi connectivity index (χ1n) is 6.44. The SMILES string of the molecule is O=C(Cc1cc(F)cc(F)c1)c1cccc2ccncc12. The Labute approximate surface area is 120 Å². The molecule has 2 nitrogen and oxygen atoms in total. The Balaban J connectivity index is 1.97. The molecule has 0 aliphatic rings. The number of hydrogen-bond donors (Lipinski definition) is 0. The largest absolute Gasteiger partial charge is 0.294 e. The highest BCUT2D eigenvalue weighted by Gasteiger charge is 2.12. The summed E-state index contributed by atoms with van der Waals surface area (Å²) in [5, 5.41) is 1.64. The molecule has 0 unspecified atom stereocenters. The zero-order chi connectivity index (χ0) is 14.8. The molecule has 2 aromatic carbocycles. The van der Waals surface area contributed by atoms with Crippen molar-refractivity contribution >= 4 is 16.6 Å². The van der Waals surface area contributed by atoms with E-state index in [0.29, 0.717) is 11.1 Å². The number of ketones is 1. The second-order valence-electron chi connectivity index (χ2n) is 4.78. The molecule has 1 heterocycles. The zero-order valence-corrected chi connectivity index (χ0v) is 11.0. The molecule has 0 aliphatic carbocycles. The van der Waals surface area contributed by atoms with Crippen LogP contribution in [0.3, 0.4) is 0 Å². The minimum atomic E-state index is -0.683. The average molecular weight is 283 g/mol. The van der Waals surface area contributed by atoms with Gasteiger partial charge in [-0.05, 0) is 29.1 Å². The Kier molecular flexibility index (Phi) is 3.44. The van der Waals surface area contributed by atoms with Gasteiger partial charge in [0.15, 0.2) is 5.78 Å². The van der Waals surface area contributed by atoms with Gasteiger partial charge in [0.05, 0.1) is 0 Å². The van der Waals surface area contributed by atoms with Gasteiger partial charge in [-0.15, -0.1) is 0 Å². The monoisotopic (exact) mass is 283 g/mol. The van der Waals surface area contributed by atoms with Crippen molar-refractivity contribution in [1.82, 2.24) is 4.98 Å². The fourth-order valence-electron chi connectivity index (χ4n) is 2.35. The minimum Gasteiger partial charge on any atom is -0.294 e. The summed E-state index contributed by atoms with van der Waals surface area (Å²) in [7, 11) is 0. The maximum absolute atomic E-state index is 13.2. The second kappa shape index (κ2) is 5.40. The molecule has 0 spiro atoms. The van der Waals surface area contributed by atoms with E-state index in [1.807, 2.05) is 12.1 Å². The molecule has 0 saturated heterocycles. The molecule has 0 aliphatic heterocycles. The number of Topliss-reactive ketones (excluding diaryl/α,β-unsaturated/α-hetero) is 1. The number of fused-ring (bicyclic) bond motifs is 1. The van der Waals surface area contributed by atoms with E-state index < -0.39 is 11.6 Å². The summed E-state index contributed by atoms with van der Waals surface area (Å²) in [6.45, 7) is 0. The van der Waals surface area contributed by atoms with Crippen molar-refractivity contribution in [2.45, 2.75) is 6.42 Å². The van der Waals surface area contributed by atoms with Gasteiger partial charge in [0.25, 0.3) is 0 Å². The van der Waals surface area contributed by atoms with Crippen LogP contribution in [0.5, 0.6) is 0 Å². The third-order valence-electron chi connectivity index (χ3n) is 3.27. The van der Waals surface area contributed by atoms with Crippen LogP contribution in [-0.4, -0.2) is 10.8 Å². The standard InChI is InChI=1S/C17H11F2NO/c18-13-6-11(7-14(19)9-13)8-17(21)15-3-1-2-12-4-5-20-10-16(12)15/h1-7,9-10H,8H2. The van der Waals surface area contributed by atoms with E-state index in [1.54, 1.807) is 24.5 Å². The number of carbonyl (C=O) groups excluding carboxylic acids is 1. The Morgan fingerprint density at radius 1 is 1.05 bits per heavy atom. The summed E-state index contributed by atoms with van der Waals surface area (Å²) in [4.78, 5) is 16.4. The van der Waals surface area contributed by atoms with Crippen LogP contribution in [0.15, 0.2) is 54.9 Å². The Morgan fingerprint density at radius 2 is 1.81 bits per heavy atom. The topological polar surface area (TPSA) is 30.0 Å². The predicted octanol–water partition coefficient (Wildman–Crippen LogP) is 3.94. The molecule has 0 fully saturated rings. The lowest BCUT2D eigenvalue weighted by molar-refractivity contribution is 0.0994. The van der Waals surface area contributed by atoms with Crippen LogP contribution in [-0.2, 0) is 6.42 Å². The lowest BCUT2D eigenvalue weighted by atomic mass is 9.98. The van der Waals surface area contributed by atoms with E-state index in [4.69, 9.17) is 0 Å². The minimum absolute atomic E-state index is 0.0529. The Bertz CT molecular complexity index is 804. The van der Waals surface area contributed by atoms with Crippen LogP contribution < -0.4 is 0 Å². The smallest absolute Gasteiger partial charge is 0.167 e. The first-order valence-corrected chi connectivity index (χ1v) is 6.44. The molecule has 3 rings (SSSR count). The van der Waals surface area contributed by atoms with E-state index in [2.05, 4.69) is 4.98 Å². The summed E-state index contributed by atoms with van der Waals surface area (Å²) < 4.78 is 26.3. The van der Waals surface area contributed by atoms with E-state index in [-0.39, 0.29) is 12.2 Å². The van der Waals surface area contributed by atoms with Gasteiger partial charge in [0, 0.05) is 35.8 Å². The number of pyridine rings is 1. The van der Waals surface area contributed by atoms with Crippen LogP contribution >= 0.6 is 0 Å². The molecule has 4 heteroatoms. The van der Waals surface area contributed by atoms with Gasteiger partial charge in [-0.2, -0.15) is 0 Å². The molecule has 104 valence electrons. The van der Waals surface area contributed by atoms with E-state index in [9.17, 15) is 13.6 Å². The van der Waals surface area contributed by atoms with Crippen molar-refractivity contribution in [2.75, 3.05) is 0 Å². The van der Waals surface area contributed by atoms with Crippen LogP contribution in [0.1, 0.15) is 15.9 Å². The van der Waals surface area contributed by atoms with Crippen molar-refractivity contribution in [1.29, 1.82) is 0 Å². The highest BCUT2D eigenvalue weighted by Crippen LogP contribution is 2.20. The van der Waals surface area contributed by atoms with Crippen LogP contribution in [0.25, 0.3) is 10.8 Å². The number of halogens is 2. The number of nitrogens with zero attached hydrogens (tertiary/aromatic N) is 1. The number of hydrogen-bond acceptors (Lipinski definition) is 2. The molecule has 0 saturated carbocycles. The molecule has 0 N–H and O–H groups in total. The van der Waals surface area contributed by atoms with Gasteiger partial charge >= 0.3 is 0 Å². The maximum atomic E-state index is 13.2. The van der Waals surface area contributed by atoms with Crippen LogP contribution in [0, 0.1) is 11.6 Å². The maximum Gasteiger partial charge on any atom is 0.167 e. The number of carbonyl (C=O) groups is 1. The Hall–Kier alpha value is -2.62. The third kappa shape index (κ3) is 2.79. The second-order valence-corrected chi connectivity index (χ2v) is 4.78. The van der Waals surface area contributed by atoms with E-state index in [1.165, 1.54) is 12.1 Å². The quantitative estimate of drug-likeness (QED) is 0.681. The lowest BCUT2D eigenvalue weighted by Crippen LogP contribution is -2.05. The van der Waals surface area contributed by atoms with Crippen molar-refractivity contribution < 1.29 is 13.6 Å². The summed E-state index contributed by atoms with van der Waals surface area (Å²) in [6, 6.07) is 10.3. The highest BCUT2D eigenvalue weighted by atomic mass is 19.1. The third-order valence-corrected chi connectivity index (χ3v) is 3.27. The number of aromatic nitrogens is 1. The molecule has 0 amide bonds. The fourth-order valence-corrected chi connectivity index (χ4v) is 2.35. The molecular weight excluding hydrogens is 272 g/mol. The van der Waals surface area contributed by atoms with Gasteiger partial charge in [0.2, 0.25) is 0 Å². The van der Waals surface area contributed by atoms with Crippen molar-refractivity contribution in [3.63, 3.8) is 0 Å². The lowest BCUT2D eigenvalue weighted by Gasteiger charge is -2.06. The van der Waals surface area contributed by atoms with Gasteiger partial charge in [-0.3, -0.25) is 9.78 Å². The summed E-state index contributed by atoms with van der Waals surface area (Å²) in [5.74, 6) is -1.56. The van der Waals surface area contributed by atoms with Gasteiger partial charge in [0.1, 0.15) is 11.6 Å². The summed E-state index contributed by atoms with van der Waals surface area (Å²) >= 11 is 0. The zero-order valence-electron chi connectivity index (χ0n) is 11.0. The van der Waals surface area contributed by atoms with Crippen LogP contribution in [0.2, 0.25) is 0 Å². The Morgan fingerprint density at radius 3 is 2.57 bits per heavy atom. The number of benzene rings is 2. The van der Waals surface area contributed by atoms with Gasteiger partial charge < -0.3 is 0 Å². The summed E-state index contributed by atoms with van der Waals surface area (Å²) in [5.41, 5.74) is 0.823. The summed E-state index contributed by atoms with van der Waals surface area (Å²) in [6.07, 6.45) is 3.22. The fraction of sp³-hybridized carbons (Fsp3) is 0.0588. The molecular formula is C17H11F2NO. The van der Waals surface area contributed by atoms with Crippen molar-refractivity contribution in [2.24, 2.45) is 0 Å². The van der Waals surface area contributed by atoms with Crippen molar-refractivity contribution in [3.8, 4) is 0 Å². The first-order chi connectivity index (χ1) is 10.1. The number of rotatable bonds is 3.